The van der Waals surface area contributed by atoms with Gasteiger partial charge in [-0.2, -0.15) is 5.10 Å². The molecule has 0 bridgehead atoms. The molecule has 2 aromatic rings. The Balaban J connectivity index is 1.40. The Morgan fingerprint density at radius 1 is 1.28 bits per heavy atom. The number of likely N-dealkylation sites (tertiary alicyclic amines) is 1. The number of carbonyl (C=O) groups is 1. The molecule has 2 saturated heterocycles. The van der Waals surface area contributed by atoms with Gasteiger partial charge < -0.3 is 9.64 Å². The van der Waals surface area contributed by atoms with E-state index in [0.29, 0.717) is 25.5 Å². The van der Waals surface area contributed by atoms with Crippen molar-refractivity contribution in [3.63, 3.8) is 0 Å². The van der Waals surface area contributed by atoms with E-state index in [1.54, 1.807) is 10.7 Å². The molecule has 1 aromatic carbocycles. The molecule has 0 spiro atoms. The highest BCUT2D eigenvalue weighted by Crippen LogP contribution is 2.25. The van der Waals surface area contributed by atoms with Gasteiger partial charge in [0.15, 0.2) is 5.82 Å². The van der Waals surface area contributed by atoms with Crippen molar-refractivity contribution in [2.24, 2.45) is 7.05 Å². The van der Waals surface area contributed by atoms with Gasteiger partial charge in [-0.15, -0.1) is 0 Å². The SMILES string of the molecule is Cn1ccc(NC(=O)N2CC3OCCN(Cc4ccccc4)C3C2)n1. The van der Waals surface area contributed by atoms with Crippen LogP contribution < -0.4 is 5.32 Å². The number of rotatable bonds is 3. The smallest absolute Gasteiger partial charge is 0.323 e. The highest BCUT2D eigenvalue weighted by atomic mass is 16.5. The number of benzene rings is 1. The molecule has 2 amide bonds. The summed E-state index contributed by atoms with van der Waals surface area (Å²) in [5.41, 5.74) is 1.29. The van der Waals surface area contributed by atoms with Crippen LogP contribution in [0.5, 0.6) is 0 Å². The number of hydrogen-bond donors (Lipinski definition) is 1. The molecule has 1 N–H and O–H groups in total. The van der Waals surface area contributed by atoms with Crippen molar-refractivity contribution in [2.45, 2.75) is 18.7 Å². The first-order chi connectivity index (χ1) is 12.2. The van der Waals surface area contributed by atoms with Gasteiger partial charge in [-0.25, -0.2) is 4.79 Å². The molecule has 2 fully saturated rings. The van der Waals surface area contributed by atoms with Crippen LogP contribution >= 0.6 is 0 Å². The van der Waals surface area contributed by atoms with E-state index in [0.717, 1.165) is 13.1 Å². The number of aromatic nitrogens is 2. The fourth-order valence-corrected chi connectivity index (χ4v) is 3.61. The van der Waals surface area contributed by atoms with Crippen molar-refractivity contribution in [2.75, 3.05) is 31.6 Å². The largest absolute Gasteiger partial charge is 0.373 e. The Kier molecular flexibility index (Phi) is 4.42. The number of morpholine rings is 1. The van der Waals surface area contributed by atoms with Crippen LogP contribution in [0.1, 0.15) is 5.56 Å². The molecule has 1 aromatic heterocycles. The van der Waals surface area contributed by atoms with Crippen molar-refractivity contribution in [3.05, 3.63) is 48.2 Å². The summed E-state index contributed by atoms with van der Waals surface area (Å²) < 4.78 is 7.59. The summed E-state index contributed by atoms with van der Waals surface area (Å²) in [4.78, 5) is 16.8. The summed E-state index contributed by atoms with van der Waals surface area (Å²) >= 11 is 0. The van der Waals surface area contributed by atoms with Crippen LogP contribution in [0.4, 0.5) is 10.6 Å². The number of fused-ring (bicyclic) bond motifs is 1. The lowest BCUT2D eigenvalue weighted by molar-refractivity contribution is -0.0503. The molecular weight excluding hydrogens is 318 g/mol. The molecule has 0 radical (unpaired) electrons. The first-order valence-electron chi connectivity index (χ1n) is 8.64. The fraction of sp³-hybridized carbons (Fsp3) is 0.444. The Hall–Kier alpha value is -2.38. The minimum atomic E-state index is -0.114. The average Bonchev–Trinajstić information content (AvgIpc) is 3.22. The second-order valence-electron chi connectivity index (χ2n) is 6.64. The van der Waals surface area contributed by atoms with Gasteiger partial charge in [0.1, 0.15) is 0 Å². The van der Waals surface area contributed by atoms with Crippen molar-refractivity contribution >= 4 is 11.8 Å². The number of urea groups is 1. The lowest BCUT2D eigenvalue weighted by Crippen LogP contribution is -2.50. The van der Waals surface area contributed by atoms with Gasteiger partial charge >= 0.3 is 6.03 Å². The molecule has 7 heteroatoms. The zero-order chi connectivity index (χ0) is 17.2. The third-order valence-electron chi connectivity index (χ3n) is 4.88. The van der Waals surface area contributed by atoms with E-state index in [9.17, 15) is 4.79 Å². The van der Waals surface area contributed by atoms with E-state index < -0.39 is 0 Å². The third-order valence-corrected chi connectivity index (χ3v) is 4.88. The monoisotopic (exact) mass is 341 g/mol. The summed E-state index contributed by atoms with van der Waals surface area (Å²) in [5.74, 6) is 0.574. The topological polar surface area (TPSA) is 62.6 Å². The van der Waals surface area contributed by atoms with Gasteiger partial charge in [-0.05, 0) is 5.56 Å². The summed E-state index contributed by atoms with van der Waals surface area (Å²) in [5, 5.41) is 7.06. The van der Waals surface area contributed by atoms with Gasteiger partial charge in [-0.1, -0.05) is 30.3 Å². The normalized spacial score (nSPS) is 23.5. The van der Waals surface area contributed by atoms with Crippen molar-refractivity contribution < 1.29 is 9.53 Å². The number of carbonyl (C=O) groups excluding carboxylic acids is 1. The van der Waals surface area contributed by atoms with Crippen molar-refractivity contribution in [3.8, 4) is 0 Å². The molecule has 0 aliphatic carbocycles. The fourth-order valence-electron chi connectivity index (χ4n) is 3.61. The van der Waals surface area contributed by atoms with Crippen LogP contribution in [0.3, 0.4) is 0 Å². The molecule has 2 aliphatic rings. The number of nitrogens with one attached hydrogen (secondary N) is 1. The second kappa shape index (κ2) is 6.85. The second-order valence-corrected chi connectivity index (χ2v) is 6.64. The lowest BCUT2D eigenvalue weighted by atomic mass is 10.1. The number of aryl methyl sites for hydroxylation is 1. The molecular formula is C18H23N5O2. The molecule has 4 rings (SSSR count). The highest BCUT2D eigenvalue weighted by Gasteiger charge is 2.41. The van der Waals surface area contributed by atoms with E-state index in [1.165, 1.54) is 5.56 Å². The number of nitrogens with zero attached hydrogens (tertiary/aromatic N) is 4. The Morgan fingerprint density at radius 2 is 2.12 bits per heavy atom. The quantitative estimate of drug-likeness (QED) is 0.920. The van der Waals surface area contributed by atoms with E-state index in [4.69, 9.17) is 4.74 Å². The van der Waals surface area contributed by atoms with E-state index in [1.807, 2.05) is 24.2 Å². The predicted octanol–water partition coefficient (Wildman–Crippen LogP) is 1.54. The number of hydrogen-bond acceptors (Lipinski definition) is 4. The maximum absolute atomic E-state index is 12.5. The van der Waals surface area contributed by atoms with Gasteiger partial charge in [0.2, 0.25) is 0 Å². The minimum Gasteiger partial charge on any atom is -0.373 e. The van der Waals surface area contributed by atoms with E-state index in [2.05, 4.69) is 39.6 Å². The molecule has 2 unspecified atom stereocenters. The Morgan fingerprint density at radius 3 is 2.88 bits per heavy atom. The molecule has 7 nitrogen and oxygen atoms in total. The van der Waals surface area contributed by atoms with Crippen LogP contribution in [0, 0.1) is 0 Å². The molecule has 2 atom stereocenters. The van der Waals surface area contributed by atoms with Crippen LogP contribution in [0.15, 0.2) is 42.6 Å². The highest BCUT2D eigenvalue weighted by molar-refractivity contribution is 5.88. The molecule has 25 heavy (non-hydrogen) atoms. The summed E-state index contributed by atoms with van der Waals surface area (Å²) in [6, 6.07) is 12.4. The van der Waals surface area contributed by atoms with Gasteiger partial charge in [0.05, 0.1) is 25.3 Å². The van der Waals surface area contributed by atoms with Gasteiger partial charge in [0.25, 0.3) is 0 Å². The number of amides is 2. The van der Waals surface area contributed by atoms with Gasteiger partial charge in [-0.3, -0.25) is 14.9 Å². The Labute approximate surface area is 147 Å². The van der Waals surface area contributed by atoms with Crippen LogP contribution in [0.2, 0.25) is 0 Å². The predicted molar refractivity (Wildman–Crippen MR) is 94.2 cm³/mol. The van der Waals surface area contributed by atoms with Crippen molar-refractivity contribution in [1.82, 2.24) is 19.6 Å². The zero-order valence-corrected chi connectivity index (χ0v) is 14.3. The first-order valence-corrected chi connectivity index (χ1v) is 8.64. The number of anilines is 1. The van der Waals surface area contributed by atoms with Gasteiger partial charge in [0, 0.05) is 38.9 Å². The van der Waals surface area contributed by atoms with Crippen LogP contribution in [0.25, 0.3) is 0 Å². The maximum Gasteiger partial charge on any atom is 0.323 e. The Bertz CT molecular complexity index is 732. The lowest BCUT2D eigenvalue weighted by Gasteiger charge is -2.36. The first kappa shape index (κ1) is 16.1. The molecule has 0 saturated carbocycles. The average molecular weight is 341 g/mol. The van der Waals surface area contributed by atoms with E-state index in [-0.39, 0.29) is 18.2 Å². The summed E-state index contributed by atoms with van der Waals surface area (Å²) in [6.07, 6.45) is 1.89. The van der Waals surface area contributed by atoms with Crippen LogP contribution in [-0.4, -0.2) is 64.0 Å². The van der Waals surface area contributed by atoms with Crippen molar-refractivity contribution in [1.29, 1.82) is 0 Å². The maximum atomic E-state index is 12.5. The molecule has 132 valence electrons. The minimum absolute atomic E-state index is 0.0759. The summed E-state index contributed by atoms with van der Waals surface area (Å²) in [6.45, 7) is 3.79. The van der Waals surface area contributed by atoms with Crippen LogP contribution in [-0.2, 0) is 18.3 Å². The van der Waals surface area contributed by atoms with E-state index >= 15 is 0 Å². The standard InChI is InChI=1S/C18H23N5O2/c1-21-8-7-17(20-21)19-18(24)23-12-15-16(13-23)25-10-9-22(15)11-14-5-3-2-4-6-14/h2-8,15-16H,9-13H2,1H3,(H,19,20,24). The zero-order valence-electron chi connectivity index (χ0n) is 14.3. The molecule has 3 heterocycles. The third kappa shape index (κ3) is 3.52. The number of ether oxygens (including phenoxy) is 1. The molecule has 2 aliphatic heterocycles. The summed E-state index contributed by atoms with van der Waals surface area (Å²) in [7, 11) is 1.83.